The fraction of sp³-hybridized carbons (Fsp3) is 0.571. The molecular weight excluding hydrogens is 258 g/mol. The summed E-state index contributed by atoms with van der Waals surface area (Å²) >= 11 is 0. The number of nitrogens with zero attached hydrogens (tertiary/aromatic N) is 2. The fourth-order valence-electron chi connectivity index (χ4n) is 2.48. The second-order valence-corrected chi connectivity index (χ2v) is 5.36. The van der Waals surface area contributed by atoms with Crippen LogP contribution in [-0.2, 0) is 11.3 Å². The molecule has 0 unspecified atom stereocenters. The summed E-state index contributed by atoms with van der Waals surface area (Å²) in [4.78, 5) is 27.8. The van der Waals surface area contributed by atoms with Crippen LogP contribution in [0.1, 0.15) is 29.2 Å². The van der Waals surface area contributed by atoms with Crippen molar-refractivity contribution in [1.29, 1.82) is 0 Å². The molecule has 2 amide bonds. The van der Waals surface area contributed by atoms with Crippen molar-refractivity contribution in [3.63, 3.8) is 0 Å². The highest BCUT2D eigenvalue weighted by molar-refractivity contribution is 5.91. The average Bonchev–Trinajstić information content (AvgIpc) is 3.23. The van der Waals surface area contributed by atoms with E-state index in [0.29, 0.717) is 37.7 Å². The van der Waals surface area contributed by atoms with E-state index in [1.165, 1.54) is 0 Å². The summed E-state index contributed by atoms with van der Waals surface area (Å²) < 4.78 is 5.37. The van der Waals surface area contributed by atoms with Gasteiger partial charge < -0.3 is 20.0 Å². The Morgan fingerprint density at radius 2 is 1.80 bits per heavy atom. The number of rotatable bonds is 3. The zero-order valence-corrected chi connectivity index (χ0v) is 11.4. The smallest absolute Gasteiger partial charge is 0.289 e. The molecule has 6 nitrogen and oxygen atoms in total. The predicted molar refractivity (Wildman–Crippen MR) is 71.8 cm³/mol. The molecule has 1 aromatic rings. The van der Waals surface area contributed by atoms with E-state index in [0.717, 1.165) is 12.8 Å². The van der Waals surface area contributed by atoms with Gasteiger partial charge in [0.15, 0.2) is 5.76 Å². The third kappa shape index (κ3) is 2.56. The topological polar surface area (TPSA) is 79.8 Å². The molecule has 0 bridgehead atoms. The van der Waals surface area contributed by atoms with Gasteiger partial charge in [-0.05, 0) is 25.0 Å². The van der Waals surface area contributed by atoms with Crippen molar-refractivity contribution in [3.05, 3.63) is 23.7 Å². The number of furan rings is 1. The molecule has 1 saturated heterocycles. The van der Waals surface area contributed by atoms with Gasteiger partial charge in [0.05, 0.1) is 6.54 Å². The van der Waals surface area contributed by atoms with Crippen molar-refractivity contribution in [2.24, 2.45) is 11.7 Å². The van der Waals surface area contributed by atoms with Crippen molar-refractivity contribution >= 4 is 11.8 Å². The second kappa shape index (κ2) is 5.28. The number of amides is 2. The van der Waals surface area contributed by atoms with Crippen LogP contribution in [0.15, 0.2) is 16.5 Å². The Morgan fingerprint density at radius 1 is 1.15 bits per heavy atom. The van der Waals surface area contributed by atoms with Crippen molar-refractivity contribution in [2.45, 2.75) is 19.4 Å². The summed E-state index contributed by atoms with van der Waals surface area (Å²) in [7, 11) is 0. The molecule has 1 saturated carbocycles. The summed E-state index contributed by atoms with van der Waals surface area (Å²) in [5.74, 6) is 1.31. The first-order valence-corrected chi connectivity index (χ1v) is 7.06. The monoisotopic (exact) mass is 277 g/mol. The molecule has 0 spiro atoms. The molecule has 0 atom stereocenters. The molecular formula is C14H19N3O3. The molecule has 2 N–H and O–H groups in total. The zero-order valence-electron chi connectivity index (χ0n) is 11.4. The Bertz CT molecular complexity index is 513. The number of hydrogen-bond acceptors (Lipinski definition) is 4. The van der Waals surface area contributed by atoms with E-state index in [1.54, 1.807) is 17.0 Å². The van der Waals surface area contributed by atoms with Gasteiger partial charge in [0.25, 0.3) is 5.91 Å². The van der Waals surface area contributed by atoms with Crippen molar-refractivity contribution in [1.82, 2.24) is 9.80 Å². The van der Waals surface area contributed by atoms with Crippen LogP contribution >= 0.6 is 0 Å². The predicted octanol–water partition coefficient (Wildman–Crippen LogP) is 0.433. The number of hydrogen-bond donors (Lipinski definition) is 1. The summed E-state index contributed by atoms with van der Waals surface area (Å²) in [5.41, 5.74) is 5.46. The number of piperazine rings is 1. The minimum absolute atomic E-state index is 0.122. The first-order valence-electron chi connectivity index (χ1n) is 7.06. The van der Waals surface area contributed by atoms with Gasteiger partial charge in [0.1, 0.15) is 5.76 Å². The van der Waals surface area contributed by atoms with Crippen LogP contribution in [0.3, 0.4) is 0 Å². The van der Waals surface area contributed by atoms with E-state index in [2.05, 4.69) is 0 Å². The highest BCUT2D eigenvalue weighted by Crippen LogP contribution is 2.31. The Labute approximate surface area is 117 Å². The fourth-order valence-corrected chi connectivity index (χ4v) is 2.48. The number of carbonyl (C=O) groups is 2. The molecule has 0 radical (unpaired) electrons. The highest BCUT2D eigenvalue weighted by atomic mass is 16.4. The van der Waals surface area contributed by atoms with Crippen molar-refractivity contribution in [2.75, 3.05) is 26.2 Å². The normalized spacial score (nSPS) is 19.2. The molecule has 3 rings (SSSR count). The second-order valence-electron chi connectivity index (χ2n) is 5.36. The molecule has 108 valence electrons. The van der Waals surface area contributed by atoms with Gasteiger partial charge in [0.2, 0.25) is 5.91 Å². The Kier molecular flexibility index (Phi) is 3.48. The first kappa shape index (κ1) is 13.2. The maximum absolute atomic E-state index is 12.2. The molecule has 2 aliphatic rings. The first-order chi connectivity index (χ1) is 9.69. The van der Waals surface area contributed by atoms with E-state index in [1.807, 2.05) is 4.90 Å². The van der Waals surface area contributed by atoms with E-state index in [-0.39, 0.29) is 24.3 Å². The molecule has 1 aromatic heterocycles. The van der Waals surface area contributed by atoms with Crippen molar-refractivity contribution < 1.29 is 14.0 Å². The van der Waals surface area contributed by atoms with Crippen LogP contribution in [0.25, 0.3) is 0 Å². The summed E-state index contributed by atoms with van der Waals surface area (Å²) in [6.45, 7) is 2.65. The van der Waals surface area contributed by atoms with Crippen molar-refractivity contribution in [3.8, 4) is 0 Å². The van der Waals surface area contributed by atoms with E-state index in [4.69, 9.17) is 10.2 Å². The minimum atomic E-state index is -0.122. The van der Waals surface area contributed by atoms with Crippen LogP contribution in [0, 0.1) is 5.92 Å². The van der Waals surface area contributed by atoms with Gasteiger partial charge in [0, 0.05) is 32.1 Å². The van der Waals surface area contributed by atoms with Crippen LogP contribution in [0.5, 0.6) is 0 Å². The Hall–Kier alpha value is -1.82. The van der Waals surface area contributed by atoms with Gasteiger partial charge in [-0.1, -0.05) is 0 Å². The lowest BCUT2D eigenvalue weighted by molar-refractivity contribution is -0.134. The van der Waals surface area contributed by atoms with Gasteiger partial charge >= 0.3 is 0 Å². The molecule has 1 aliphatic carbocycles. The van der Waals surface area contributed by atoms with E-state index < -0.39 is 0 Å². The number of carbonyl (C=O) groups excluding carboxylic acids is 2. The lowest BCUT2D eigenvalue weighted by Gasteiger charge is -2.34. The standard InChI is InChI=1S/C14H19N3O3/c15-9-11-3-4-12(20-11)14(19)17-7-5-16(6-8-17)13(18)10-1-2-10/h3-4,10H,1-2,5-9,15H2. The highest BCUT2D eigenvalue weighted by Gasteiger charge is 2.35. The quantitative estimate of drug-likeness (QED) is 0.869. The third-order valence-electron chi connectivity index (χ3n) is 3.88. The Morgan fingerprint density at radius 3 is 2.35 bits per heavy atom. The molecule has 1 aliphatic heterocycles. The van der Waals surface area contributed by atoms with Crippen LogP contribution in [-0.4, -0.2) is 47.8 Å². The van der Waals surface area contributed by atoms with E-state index in [9.17, 15) is 9.59 Å². The minimum Gasteiger partial charge on any atom is -0.455 e. The van der Waals surface area contributed by atoms with Crippen LogP contribution in [0.2, 0.25) is 0 Å². The SMILES string of the molecule is NCc1ccc(C(=O)N2CCN(C(=O)C3CC3)CC2)o1. The number of nitrogens with two attached hydrogens (primary N) is 1. The summed E-state index contributed by atoms with van der Waals surface area (Å²) in [6.07, 6.45) is 2.04. The average molecular weight is 277 g/mol. The van der Waals surface area contributed by atoms with Crippen LogP contribution < -0.4 is 5.73 Å². The summed E-state index contributed by atoms with van der Waals surface area (Å²) in [5, 5.41) is 0. The van der Waals surface area contributed by atoms with Gasteiger partial charge in [-0.3, -0.25) is 9.59 Å². The molecule has 2 heterocycles. The molecule has 2 fully saturated rings. The summed E-state index contributed by atoms with van der Waals surface area (Å²) in [6, 6.07) is 3.38. The van der Waals surface area contributed by atoms with Gasteiger partial charge in [-0.25, -0.2) is 0 Å². The van der Waals surface area contributed by atoms with E-state index >= 15 is 0 Å². The largest absolute Gasteiger partial charge is 0.455 e. The Balaban J connectivity index is 1.57. The van der Waals surface area contributed by atoms with Crippen LogP contribution in [0.4, 0.5) is 0 Å². The lowest BCUT2D eigenvalue weighted by atomic mass is 10.2. The zero-order chi connectivity index (χ0) is 14.1. The lowest BCUT2D eigenvalue weighted by Crippen LogP contribution is -2.51. The maximum Gasteiger partial charge on any atom is 0.289 e. The molecule has 20 heavy (non-hydrogen) atoms. The van der Waals surface area contributed by atoms with Gasteiger partial charge in [-0.15, -0.1) is 0 Å². The van der Waals surface area contributed by atoms with Gasteiger partial charge in [-0.2, -0.15) is 0 Å². The maximum atomic E-state index is 12.2. The molecule has 6 heteroatoms. The molecule has 0 aromatic carbocycles. The third-order valence-corrected chi connectivity index (χ3v) is 3.88.